The molecule has 0 atom stereocenters. The normalized spacial score (nSPS) is 12.9. The summed E-state index contributed by atoms with van der Waals surface area (Å²) < 4.78 is 83.6. The Morgan fingerprint density at radius 3 is 1.79 bits per heavy atom. The van der Waals surface area contributed by atoms with Gasteiger partial charge in [0.25, 0.3) is 0 Å². The maximum Gasteiger partial charge on any atom is 0.416 e. The van der Waals surface area contributed by atoms with Crippen LogP contribution in [-0.2, 0) is 18.8 Å². The minimum atomic E-state index is -4.97. The van der Waals surface area contributed by atoms with E-state index in [1.54, 1.807) is 18.2 Å². The molecule has 0 bridgehead atoms. The second-order valence-electron chi connectivity index (χ2n) is 7.87. The Labute approximate surface area is 185 Å². The van der Waals surface area contributed by atoms with Crippen LogP contribution in [-0.4, -0.2) is 29.0 Å². The number of ether oxygens (including phenoxy) is 1. The van der Waals surface area contributed by atoms with E-state index in [1.807, 2.05) is 6.07 Å². The quantitative estimate of drug-likeness (QED) is 0.408. The van der Waals surface area contributed by atoms with Gasteiger partial charge < -0.3 is 20.7 Å². The van der Waals surface area contributed by atoms with Crippen LogP contribution in [0.1, 0.15) is 23.1 Å². The topological polar surface area (TPSA) is 75.7 Å². The second kappa shape index (κ2) is 9.20. The third-order valence-corrected chi connectivity index (χ3v) is 5.21. The maximum absolute atomic E-state index is 13.0. The first-order valence-electron chi connectivity index (χ1n) is 9.84. The molecule has 4 nitrogen and oxygen atoms in total. The summed E-state index contributed by atoms with van der Waals surface area (Å²) in [5, 5.41) is 20.0. The Morgan fingerprint density at radius 1 is 0.697 bits per heavy atom. The summed E-state index contributed by atoms with van der Waals surface area (Å²) in [6.07, 6.45) is -9.11. The summed E-state index contributed by atoms with van der Waals surface area (Å²) in [6.45, 7) is -0.743. The number of alkyl halides is 6. The van der Waals surface area contributed by atoms with Crippen molar-refractivity contribution in [2.75, 3.05) is 13.2 Å². The smallest absolute Gasteiger partial charge is 0.416 e. The number of aliphatic hydroxyl groups excluding tert-OH is 2. The molecule has 0 fully saturated rings. The van der Waals surface area contributed by atoms with Crippen molar-refractivity contribution >= 4 is 10.8 Å². The van der Waals surface area contributed by atoms with Gasteiger partial charge in [0.05, 0.1) is 29.9 Å². The van der Waals surface area contributed by atoms with Gasteiger partial charge in [-0.2, -0.15) is 26.3 Å². The van der Waals surface area contributed by atoms with Crippen molar-refractivity contribution in [3.05, 3.63) is 71.3 Å². The summed E-state index contributed by atoms with van der Waals surface area (Å²) in [5.41, 5.74) is 2.72. The molecule has 0 spiro atoms. The maximum atomic E-state index is 13.0. The molecule has 0 aromatic heterocycles. The molecule has 0 radical (unpaired) electrons. The highest BCUT2D eigenvalue weighted by molar-refractivity contribution is 5.84. The van der Waals surface area contributed by atoms with E-state index in [0.29, 0.717) is 30.4 Å². The van der Waals surface area contributed by atoms with Gasteiger partial charge in [0.1, 0.15) is 11.5 Å². The average Bonchev–Trinajstić information content (AvgIpc) is 2.76. The van der Waals surface area contributed by atoms with Crippen molar-refractivity contribution in [1.29, 1.82) is 0 Å². The van der Waals surface area contributed by atoms with E-state index in [1.165, 1.54) is 12.1 Å². The highest BCUT2D eigenvalue weighted by Crippen LogP contribution is 2.39. The lowest BCUT2D eigenvalue weighted by Crippen LogP contribution is -2.47. The zero-order valence-electron chi connectivity index (χ0n) is 17.2. The second-order valence-corrected chi connectivity index (χ2v) is 7.87. The van der Waals surface area contributed by atoms with Crippen LogP contribution in [0.2, 0.25) is 0 Å². The monoisotopic (exact) mass is 473 g/mol. The molecule has 0 saturated carbocycles. The first-order valence-corrected chi connectivity index (χ1v) is 9.84. The lowest BCUT2D eigenvalue weighted by molar-refractivity contribution is -0.143. The fourth-order valence-electron chi connectivity index (χ4n) is 3.22. The molecule has 4 N–H and O–H groups in total. The number of hydrogen-bond acceptors (Lipinski definition) is 4. The summed E-state index contributed by atoms with van der Waals surface area (Å²) in [7, 11) is 0. The Morgan fingerprint density at radius 2 is 1.24 bits per heavy atom. The van der Waals surface area contributed by atoms with Crippen molar-refractivity contribution in [3.63, 3.8) is 0 Å². The minimum absolute atomic E-state index is 0.0401. The first-order chi connectivity index (χ1) is 15.3. The summed E-state index contributed by atoms with van der Waals surface area (Å²) in [4.78, 5) is 0. The molecule has 0 heterocycles. The molecule has 0 saturated heterocycles. The number of rotatable bonds is 7. The molecule has 0 aliphatic rings. The number of halogens is 6. The molecular formula is C23H21F6NO3. The molecule has 178 valence electrons. The van der Waals surface area contributed by atoms with Gasteiger partial charge in [-0.25, -0.2) is 0 Å². The molecule has 33 heavy (non-hydrogen) atoms. The number of benzene rings is 3. The molecular weight excluding hydrogens is 452 g/mol. The minimum Gasteiger partial charge on any atom is -0.457 e. The van der Waals surface area contributed by atoms with E-state index in [4.69, 9.17) is 10.5 Å². The van der Waals surface area contributed by atoms with E-state index in [-0.39, 0.29) is 25.0 Å². The van der Waals surface area contributed by atoms with Gasteiger partial charge in [-0.3, -0.25) is 0 Å². The lowest BCUT2D eigenvalue weighted by Gasteiger charge is -2.24. The van der Waals surface area contributed by atoms with Gasteiger partial charge in [-0.15, -0.1) is 0 Å². The zero-order chi connectivity index (χ0) is 24.4. The number of aliphatic hydroxyl groups is 2. The van der Waals surface area contributed by atoms with Crippen LogP contribution in [0.5, 0.6) is 11.5 Å². The Kier molecular flexibility index (Phi) is 6.92. The van der Waals surface area contributed by atoms with Gasteiger partial charge in [-0.1, -0.05) is 24.3 Å². The molecule has 0 unspecified atom stereocenters. The highest BCUT2D eigenvalue weighted by atomic mass is 19.4. The predicted molar refractivity (Wildman–Crippen MR) is 110 cm³/mol. The van der Waals surface area contributed by atoms with Crippen LogP contribution in [0.25, 0.3) is 10.8 Å². The van der Waals surface area contributed by atoms with Gasteiger partial charge in [-0.05, 0) is 59.5 Å². The van der Waals surface area contributed by atoms with Crippen LogP contribution in [0.15, 0.2) is 54.6 Å². The first kappa shape index (κ1) is 24.8. The number of fused-ring (bicyclic) bond motifs is 1. The van der Waals surface area contributed by atoms with E-state index in [0.717, 1.165) is 10.9 Å². The van der Waals surface area contributed by atoms with E-state index < -0.39 is 34.8 Å². The summed E-state index contributed by atoms with van der Waals surface area (Å²) >= 11 is 0. The van der Waals surface area contributed by atoms with Crippen LogP contribution >= 0.6 is 0 Å². The van der Waals surface area contributed by atoms with Crippen molar-refractivity contribution < 1.29 is 41.3 Å². The number of hydrogen-bond donors (Lipinski definition) is 3. The predicted octanol–water partition coefficient (Wildman–Crippen LogP) is 5.28. The molecule has 3 rings (SSSR count). The van der Waals surface area contributed by atoms with Crippen LogP contribution in [0.3, 0.4) is 0 Å². The van der Waals surface area contributed by atoms with Gasteiger partial charge in [0, 0.05) is 0 Å². The third-order valence-electron chi connectivity index (χ3n) is 5.21. The lowest BCUT2D eigenvalue weighted by atomic mass is 9.93. The SMILES string of the molecule is NC(CO)(CO)CCc1ccc2cc(Oc3cc(C(F)(F)F)cc(C(F)(F)F)c3)ccc2c1. The van der Waals surface area contributed by atoms with Crippen molar-refractivity contribution in [2.45, 2.75) is 30.7 Å². The van der Waals surface area contributed by atoms with Gasteiger partial charge >= 0.3 is 12.4 Å². The standard InChI is InChI=1S/C23H21F6NO3/c24-22(25,26)17-9-18(23(27,28)29)11-20(10-17)33-19-4-3-15-7-14(1-2-16(15)8-19)5-6-21(30,12-31)13-32/h1-4,7-11,31-32H,5-6,12-13,30H2. The van der Waals surface area contributed by atoms with Crippen molar-refractivity contribution in [1.82, 2.24) is 0 Å². The van der Waals surface area contributed by atoms with Gasteiger partial charge in [0.2, 0.25) is 0 Å². The Hall–Kier alpha value is -2.82. The average molecular weight is 473 g/mol. The third kappa shape index (κ3) is 6.16. The fraction of sp³-hybridized carbons (Fsp3) is 0.304. The Balaban J connectivity index is 1.85. The van der Waals surface area contributed by atoms with Crippen molar-refractivity contribution in [2.24, 2.45) is 5.73 Å². The van der Waals surface area contributed by atoms with Crippen molar-refractivity contribution in [3.8, 4) is 11.5 Å². The fourth-order valence-corrected chi connectivity index (χ4v) is 3.22. The summed E-state index contributed by atoms with van der Waals surface area (Å²) in [5.74, 6) is -0.510. The van der Waals surface area contributed by atoms with Crippen LogP contribution in [0, 0.1) is 0 Å². The van der Waals surface area contributed by atoms with E-state index >= 15 is 0 Å². The van der Waals surface area contributed by atoms with E-state index in [9.17, 15) is 36.6 Å². The number of aryl methyl sites for hydroxylation is 1. The molecule has 3 aromatic carbocycles. The van der Waals surface area contributed by atoms with Gasteiger partial charge in [0.15, 0.2) is 0 Å². The number of nitrogens with two attached hydrogens (primary N) is 1. The summed E-state index contributed by atoms with van der Waals surface area (Å²) in [6, 6.07) is 11.0. The Bertz CT molecular complexity index is 1090. The van der Waals surface area contributed by atoms with E-state index in [2.05, 4.69) is 0 Å². The molecule has 0 aliphatic carbocycles. The molecule has 3 aromatic rings. The molecule has 0 aliphatic heterocycles. The van der Waals surface area contributed by atoms with Crippen LogP contribution in [0.4, 0.5) is 26.3 Å². The highest BCUT2D eigenvalue weighted by Gasteiger charge is 2.37. The van der Waals surface area contributed by atoms with Crippen LogP contribution < -0.4 is 10.5 Å². The molecule has 10 heteroatoms. The largest absolute Gasteiger partial charge is 0.457 e. The molecule has 0 amide bonds. The zero-order valence-corrected chi connectivity index (χ0v) is 17.2.